The van der Waals surface area contributed by atoms with Gasteiger partial charge in [0, 0.05) is 5.69 Å². The van der Waals surface area contributed by atoms with Gasteiger partial charge in [0.2, 0.25) is 0 Å². The molecular formula is C16H19NO. The summed E-state index contributed by atoms with van der Waals surface area (Å²) in [6.07, 6.45) is 1.06. The average molecular weight is 241 g/mol. The van der Waals surface area contributed by atoms with E-state index >= 15 is 0 Å². The van der Waals surface area contributed by atoms with E-state index in [4.69, 9.17) is 4.74 Å². The van der Waals surface area contributed by atoms with E-state index in [1.807, 2.05) is 25.1 Å². The second kappa shape index (κ2) is 5.58. The molecule has 0 aliphatic rings. The van der Waals surface area contributed by atoms with Gasteiger partial charge in [-0.05, 0) is 42.7 Å². The molecular weight excluding hydrogens is 222 g/mol. The molecule has 2 aromatic rings. The van der Waals surface area contributed by atoms with E-state index < -0.39 is 0 Å². The molecule has 0 aromatic heterocycles. The quantitative estimate of drug-likeness (QED) is 0.861. The topological polar surface area (TPSA) is 21.3 Å². The minimum absolute atomic E-state index is 0.900. The molecule has 0 heterocycles. The summed E-state index contributed by atoms with van der Waals surface area (Å²) in [6, 6.07) is 14.6. The fourth-order valence-corrected chi connectivity index (χ4v) is 2.00. The number of para-hydroxylation sites is 1. The van der Waals surface area contributed by atoms with Gasteiger partial charge in [0.05, 0.1) is 12.8 Å². The molecule has 0 unspecified atom stereocenters. The van der Waals surface area contributed by atoms with Crippen LogP contribution >= 0.6 is 0 Å². The van der Waals surface area contributed by atoms with Crippen LogP contribution in [-0.4, -0.2) is 7.11 Å². The SMILES string of the molecule is CCc1ccc(Nc2cccc(C)c2OC)cc1. The lowest BCUT2D eigenvalue weighted by molar-refractivity contribution is 0.414. The van der Waals surface area contributed by atoms with Gasteiger partial charge >= 0.3 is 0 Å². The molecule has 0 fully saturated rings. The smallest absolute Gasteiger partial charge is 0.145 e. The number of anilines is 2. The van der Waals surface area contributed by atoms with Crippen molar-refractivity contribution in [2.45, 2.75) is 20.3 Å². The minimum Gasteiger partial charge on any atom is -0.494 e. The number of methoxy groups -OCH3 is 1. The van der Waals surface area contributed by atoms with Crippen molar-refractivity contribution in [2.24, 2.45) is 0 Å². The molecule has 0 spiro atoms. The molecule has 2 heteroatoms. The van der Waals surface area contributed by atoms with Crippen molar-refractivity contribution in [2.75, 3.05) is 12.4 Å². The highest BCUT2D eigenvalue weighted by Gasteiger charge is 2.05. The lowest BCUT2D eigenvalue weighted by Gasteiger charge is -2.13. The van der Waals surface area contributed by atoms with Crippen LogP contribution in [0.15, 0.2) is 42.5 Å². The van der Waals surface area contributed by atoms with E-state index in [1.54, 1.807) is 7.11 Å². The fourth-order valence-electron chi connectivity index (χ4n) is 2.00. The maximum absolute atomic E-state index is 5.43. The van der Waals surface area contributed by atoms with Crippen molar-refractivity contribution in [3.63, 3.8) is 0 Å². The molecule has 94 valence electrons. The third-order valence-corrected chi connectivity index (χ3v) is 3.06. The van der Waals surface area contributed by atoms with Crippen molar-refractivity contribution in [3.05, 3.63) is 53.6 Å². The highest BCUT2D eigenvalue weighted by molar-refractivity contribution is 5.68. The minimum atomic E-state index is 0.900. The maximum Gasteiger partial charge on any atom is 0.145 e. The largest absolute Gasteiger partial charge is 0.494 e. The van der Waals surface area contributed by atoms with Crippen LogP contribution < -0.4 is 10.1 Å². The van der Waals surface area contributed by atoms with E-state index in [0.717, 1.165) is 29.1 Å². The molecule has 18 heavy (non-hydrogen) atoms. The molecule has 0 aliphatic heterocycles. The second-order valence-corrected chi connectivity index (χ2v) is 4.33. The van der Waals surface area contributed by atoms with E-state index in [2.05, 4.69) is 36.5 Å². The summed E-state index contributed by atoms with van der Waals surface area (Å²) in [5, 5.41) is 3.39. The third kappa shape index (κ3) is 2.65. The Hall–Kier alpha value is -1.96. The van der Waals surface area contributed by atoms with Crippen molar-refractivity contribution in [3.8, 4) is 5.75 Å². The maximum atomic E-state index is 5.43. The highest BCUT2D eigenvalue weighted by atomic mass is 16.5. The first-order valence-corrected chi connectivity index (χ1v) is 6.24. The zero-order valence-electron chi connectivity index (χ0n) is 11.2. The van der Waals surface area contributed by atoms with Gasteiger partial charge in [-0.1, -0.05) is 31.2 Å². The lowest BCUT2D eigenvalue weighted by Crippen LogP contribution is -1.96. The Morgan fingerprint density at radius 3 is 2.39 bits per heavy atom. The van der Waals surface area contributed by atoms with Gasteiger partial charge in [0.15, 0.2) is 0 Å². The summed E-state index contributed by atoms with van der Waals surface area (Å²) in [6.45, 7) is 4.20. The molecule has 0 aliphatic carbocycles. The van der Waals surface area contributed by atoms with Crippen molar-refractivity contribution >= 4 is 11.4 Å². The van der Waals surface area contributed by atoms with Crippen LogP contribution in [0.5, 0.6) is 5.75 Å². The van der Waals surface area contributed by atoms with Gasteiger partial charge in [-0.2, -0.15) is 0 Å². The molecule has 0 saturated carbocycles. The van der Waals surface area contributed by atoms with Crippen LogP contribution in [0.4, 0.5) is 11.4 Å². The lowest BCUT2D eigenvalue weighted by atomic mass is 10.1. The number of rotatable bonds is 4. The molecule has 0 atom stereocenters. The van der Waals surface area contributed by atoms with Crippen LogP contribution in [0.25, 0.3) is 0 Å². The van der Waals surface area contributed by atoms with E-state index in [0.29, 0.717) is 0 Å². The Labute approximate surface area is 109 Å². The van der Waals surface area contributed by atoms with Crippen LogP contribution in [0.2, 0.25) is 0 Å². The van der Waals surface area contributed by atoms with Crippen molar-refractivity contribution in [1.29, 1.82) is 0 Å². The number of hydrogen-bond donors (Lipinski definition) is 1. The third-order valence-electron chi connectivity index (χ3n) is 3.06. The predicted molar refractivity (Wildman–Crippen MR) is 76.8 cm³/mol. The van der Waals surface area contributed by atoms with Gasteiger partial charge in [0.25, 0.3) is 0 Å². The Morgan fingerprint density at radius 2 is 1.78 bits per heavy atom. The molecule has 0 saturated heterocycles. The van der Waals surface area contributed by atoms with Crippen LogP contribution in [-0.2, 0) is 6.42 Å². The van der Waals surface area contributed by atoms with Gasteiger partial charge in [-0.3, -0.25) is 0 Å². The zero-order valence-corrected chi connectivity index (χ0v) is 11.2. The van der Waals surface area contributed by atoms with E-state index in [1.165, 1.54) is 5.56 Å². The fraction of sp³-hybridized carbons (Fsp3) is 0.250. The summed E-state index contributed by atoms with van der Waals surface area (Å²) in [7, 11) is 1.70. The Morgan fingerprint density at radius 1 is 1.06 bits per heavy atom. The van der Waals surface area contributed by atoms with E-state index in [-0.39, 0.29) is 0 Å². The Bertz CT molecular complexity index is 517. The number of benzene rings is 2. The molecule has 0 bridgehead atoms. The first kappa shape index (κ1) is 12.5. The summed E-state index contributed by atoms with van der Waals surface area (Å²) in [4.78, 5) is 0. The van der Waals surface area contributed by atoms with Gasteiger partial charge in [0.1, 0.15) is 5.75 Å². The zero-order chi connectivity index (χ0) is 13.0. The number of nitrogens with one attached hydrogen (secondary N) is 1. The second-order valence-electron chi connectivity index (χ2n) is 4.33. The van der Waals surface area contributed by atoms with Crippen LogP contribution in [0.3, 0.4) is 0 Å². The van der Waals surface area contributed by atoms with Crippen molar-refractivity contribution in [1.82, 2.24) is 0 Å². The van der Waals surface area contributed by atoms with Gasteiger partial charge in [-0.25, -0.2) is 0 Å². The van der Waals surface area contributed by atoms with Crippen molar-refractivity contribution < 1.29 is 4.74 Å². The molecule has 2 aromatic carbocycles. The Balaban J connectivity index is 2.25. The first-order chi connectivity index (χ1) is 8.74. The molecule has 2 rings (SSSR count). The first-order valence-electron chi connectivity index (χ1n) is 6.24. The summed E-state index contributed by atoms with van der Waals surface area (Å²) in [5.74, 6) is 0.900. The summed E-state index contributed by atoms with van der Waals surface area (Å²) >= 11 is 0. The summed E-state index contributed by atoms with van der Waals surface area (Å²) in [5.41, 5.74) is 4.56. The van der Waals surface area contributed by atoms with Gasteiger partial charge in [-0.15, -0.1) is 0 Å². The molecule has 0 radical (unpaired) electrons. The monoisotopic (exact) mass is 241 g/mol. The number of hydrogen-bond acceptors (Lipinski definition) is 2. The van der Waals surface area contributed by atoms with Gasteiger partial charge < -0.3 is 10.1 Å². The normalized spacial score (nSPS) is 10.2. The standard InChI is InChI=1S/C16H19NO/c1-4-13-8-10-14(11-9-13)17-15-7-5-6-12(2)16(15)18-3/h5-11,17H,4H2,1-3H3. The number of ether oxygens (including phenoxy) is 1. The summed E-state index contributed by atoms with van der Waals surface area (Å²) < 4.78 is 5.43. The van der Waals surface area contributed by atoms with Crippen LogP contribution in [0.1, 0.15) is 18.1 Å². The molecule has 0 amide bonds. The number of aryl methyl sites for hydroxylation is 2. The molecule has 1 N–H and O–H groups in total. The highest BCUT2D eigenvalue weighted by Crippen LogP contribution is 2.30. The van der Waals surface area contributed by atoms with Crippen LogP contribution in [0, 0.1) is 6.92 Å². The average Bonchev–Trinajstić information content (AvgIpc) is 2.40. The predicted octanol–water partition coefficient (Wildman–Crippen LogP) is 4.31. The van der Waals surface area contributed by atoms with E-state index in [9.17, 15) is 0 Å². The molecule has 2 nitrogen and oxygen atoms in total. The Kier molecular flexibility index (Phi) is 3.88.